The van der Waals surface area contributed by atoms with E-state index >= 15 is 4.39 Å². The topological polar surface area (TPSA) is 59.1 Å². The fourth-order valence-corrected chi connectivity index (χ4v) is 5.31. The summed E-state index contributed by atoms with van der Waals surface area (Å²) in [5, 5.41) is 0. The number of fused-ring (bicyclic) bond motifs is 4. The summed E-state index contributed by atoms with van der Waals surface area (Å²) in [6, 6.07) is 15.5. The average molecular weight is 453 g/mol. The SMILES string of the molecule is CC(C)(C)OC(=O)N1C[C@@H]2N(C(=O)OCC3c4ccccc4-c4ccccc43)CC[C@]2(F)C1. The first kappa shape index (κ1) is 21.7. The Hall–Kier alpha value is -3.09. The van der Waals surface area contributed by atoms with Crippen molar-refractivity contribution >= 4 is 12.2 Å². The van der Waals surface area contributed by atoms with Gasteiger partial charge in [0.2, 0.25) is 0 Å². The largest absolute Gasteiger partial charge is 0.448 e. The van der Waals surface area contributed by atoms with Crippen LogP contribution in [0.25, 0.3) is 11.1 Å². The number of halogens is 1. The molecule has 5 rings (SSSR count). The molecule has 2 saturated heterocycles. The van der Waals surface area contributed by atoms with Crippen molar-refractivity contribution in [2.75, 3.05) is 26.2 Å². The first-order valence-electron chi connectivity index (χ1n) is 11.4. The molecule has 2 atom stereocenters. The summed E-state index contributed by atoms with van der Waals surface area (Å²) in [6.07, 6.45) is -0.907. The molecule has 2 heterocycles. The maximum atomic E-state index is 15.6. The Balaban J connectivity index is 1.27. The second-order valence-corrected chi connectivity index (χ2v) is 10.2. The predicted molar refractivity (Wildman–Crippen MR) is 122 cm³/mol. The summed E-state index contributed by atoms with van der Waals surface area (Å²) in [6.45, 7) is 5.82. The van der Waals surface area contributed by atoms with Crippen molar-refractivity contribution in [3.63, 3.8) is 0 Å². The van der Waals surface area contributed by atoms with E-state index in [0.29, 0.717) is 0 Å². The van der Waals surface area contributed by atoms with Crippen molar-refractivity contribution in [2.24, 2.45) is 0 Å². The van der Waals surface area contributed by atoms with E-state index < -0.39 is 29.5 Å². The lowest BCUT2D eigenvalue weighted by molar-refractivity contribution is 0.0251. The minimum atomic E-state index is -1.64. The third kappa shape index (κ3) is 3.83. The maximum Gasteiger partial charge on any atom is 0.410 e. The Bertz CT molecular complexity index is 1050. The number of carbonyl (C=O) groups is 2. The van der Waals surface area contributed by atoms with Crippen LogP contribution >= 0.6 is 0 Å². The van der Waals surface area contributed by atoms with Crippen molar-refractivity contribution < 1.29 is 23.5 Å². The van der Waals surface area contributed by atoms with Gasteiger partial charge in [0.15, 0.2) is 5.67 Å². The maximum absolute atomic E-state index is 15.6. The molecule has 2 fully saturated rings. The summed E-state index contributed by atoms with van der Waals surface area (Å²) in [7, 11) is 0. The summed E-state index contributed by atoms with van der Waals surface area (Å²) < 4.78 is 26.7. The number of hydrogen-bond acceptors (Lipinski definition) is 4. The van der Waals surface area contributed by atoms with E-state index in [1.165, 1.54) is 9.80 Å². The lowest BCUT2D eigenvalue weighted by Gasteiger charge is -2.26. The van der Waals surface area contributed by atoms with Crippen molar-refractivity contribution in [3.05, 3.63) is 59.7 Å². The standard InChI is InChI=1S/C26H29FN2O4/c1-25(2,3)33-23(30)28-14-22-26(27,16-28)12-13-29(22)24(31)32-15-21-19-10-6-4-8-17(19)18-9-5-7-11-20(18)21/h4-11,21-22H,12-16H2,1-3H3/t22-,26-/m0/s1. The monoisotopic (exact) mass is 452 g/mol. The molecule has 0 radical (unpaired) electrons. The molecule has 0 unspecified atom stereocenters. The fraction of sp³-hybridized carbons (Fsp3) is 0.462. The van der Waals surface area contributed by atoms with Gasteiger partial charge in [0.25, 0.3) is 0 Å². The highest BCUT2D eigenvalue weighted by Crippen LogP contribution is 2.45. The molecule has 0 bridgehead atoms. The quantitative estimate of drug-likeness (QED) is 0.646. The first-order valence-corrected chi connectivity index (χ1v) is 11.4. The van der Waals surface area contributed by atoms with Gasteiger partial charge in [-0.15, -0.1) is 0 Å². The minimum Gasteiger partial charge on any atom is -0.448 e. The summed E-state index contributed by atoms with van der Waals surface area (Å²) in [4.78, 5) is 28.3. The van der Waals surface area contributed by atoms with Crippen LogP contribution in [0.4, 0.5) is 14.0 Å². The van der Waals surface area contributed by atoms with Crippen LogP contribution in [-0.4, -0.2) is 65.5 Å². The van der Waals surface area contributed by atoms with E-state index in [0.717, 1.165) is 22.3 Å². The lowest BCUT2D eigenvalue weighted by atomic mass is 9.98. The number of rotatable bonds is 2. The van der Waals surface area contributed by atoms with E-state index in [9.17, 15) is 9.59 Å². The lowest BCUT2D eigenvalue weighted by Crippen LogP contribution is -2.44. The Kier molecular flexibility index (Phi) is 5.10. The molecule has 0 aromatic heterocycles. The number of hydrogen-bond donors (Lipinski definition) is 0. The van der Waals surface area contributed by atoms with Crippen LogP contribution in [0.2, 0.25) is 0 Å². The highest BCUT2D eigenvalue weighted by molar-refractivity contribution is 5.79. The van der Waals surface area contributed by atoms with Crippen molar-refractivity contribution in [1.82, 2.24) is 9.80 Å². The zero-order valence-corrected chi connectivity index (χ0v) is 19.2. The molecule has 1 aliphatic carbocycles. The van der Waals surface area contributed by atoms with Crippen molar-refractivity contribution in [2.45, 2.75) is 50.4 Å². The number of amides is 2. The van der Waals surface area contributed by atoms with Crippen LogP contribution in [0.5, 0.6) is 0 Å². The number of alkyl halides is 1. The van der Waals surface area contributed by atoms with Gasteiger partial charge in [-0.2, -0.15) is 0 Å². The molecular weight excluding hydrogens is 423 g/mol. The van der Waals surface area contributed by atoms with Crippen LogP contribution in [0.1, 0.15) is 44.2 Å². The number of ether oxygens (including phenoxy) is 2. The van der Waals surface area contributed by atoms with Crippen LogP contribution in [0.3, 0.4) is 0 Å². The third-order valence-electron chi connectivity index (χ3n) is 6.81. The van der Waals surface area contributed by atoms with E-state index in [-0.39, 0.29) is 38.6 Å². The Morgan fingerprint density at radius 3 is 2.24 bits per heavy atom. The molecule has 33 heavy (non-hydrogen) atoms. The molecule has 6 nitrogen and oxygen atoms in total. The third-order valence-corrected chi connectivity index (χ3v) is 6.81. The van der Waals surface area contributed by atoms with Crippen LogP contribution in [0.15, 0.2) is 48.5 Å². The number of nitrogens with zero attached hydrogens (tertiary/aromatic N) is 2. The van der Waals surface area contributed by atoms with Gasteiger partial charge in [-0.3, -0.25) is 0 Å². The molecule has 2 aromatic carbocycles. The molecular formula is C26H29FN2O4. The van der Waals surface area contributed by atoms with Gasteiger partial charge < -0.3 is 19.3 Å². The van der Waals surface area contributed by atoms with E-state index in [1.54, 1.807) is 20.8 Å². The average Bonchev–Trinajstić information content (AvgIpc) is 3.37. The van der Waals surface area contributed by atoms with Crippen molar-refractivity contribution in [1.29, 1.82) is 0 Å². The van der Waals surface area contributed by atoms with Crippen LogP contribution < -0.4 is 0 Å². The van der Waals surface area contributed by atoms with E-state index in [2.05, 4.69) is 24.3 Å². The summed E-state index contributed by atoms with van der Waals surface area (Å²) in [5.41, 5.74) is 2.27. The number of carbonyl (C=O) groups excluding carboxylic acids is 2. The predicted octanol–water partition coefficient (Wildman–Crippen LogP) is 4.97. The minimum absolute atomic E-state index is 0.0547. The second-order valence-electron chi connectivity index (χ2n) is 10.2. The molecule has 0 saturated carbocycles. The molecule has 7 heteroatoms. The highest BCUT2D eigenvalue weighted by atomic mass is 19.1. The van der Waals surface area contributed by atoms with Gasteiger partial charge in [0, 0.05) is 25.4 Å². The Labute approximate surface area is 193 Å². The van der Waals surface area contributed by atoms with Gasteiger partial charge in [-0.05, 0) is 43.0 Å². The van der Waals surface area contributed by atoms with Gasteiger partial charge >= 0.3 is 12.2 Å². The van der Waals surface area contributed by atoms with Gasteiger partial charge in [0.05, 0.1) is 12.6 Å². The van der Waals surface area contributed by atoms with E-state index in [4.69, 9.17) is 9.47 Å². The second kappa shape index (κ2) is 7.75. The summed E-state index contributed by atoms with van der Waals surface area (Å²) >= 11 is 0. The molecule has 3 aliphatic rings. The van der Waals surface area contributed by atoms with Crippen LogP contribution in [-0.2, 0) is 9.47 Å². The van der Waals surface area contributed by atoms with Gasteiger partial charge in [-0.25, -0.2) is 14.0 Å². The van der Waals surface area contributed by atoms with E-state index in [1.807, 2.05) is 24.3 Å². The molecule has 2 aliphatic heterocycles. The highest BCUT2D eigenvalue weighted by Gasteiger charge is 2.57. The molecule has 2 amide bonds. The normalized spacial score (nSPS) is 23.8. The summed E-state index contributed by atoms with van der Waals surface area (Å²) in [5.74, 6) is -0.0547. The van der Waals surface area contributed by atoms with Crippen molar-refractivity contribution in [3.8, 4) is 11.1 Å². The zero-order chi connectivity index (χ0) is 23.4. The molecule has 2 aromatic rings. The van der Waals surface area contributed by atoms with Crippen LogP contribution in [0, 0.1) is 0 Å². The van der Waals surface area contributed by atoms with Gasteiger partial charge in [0.1, 0.15) is 12.2 Å². The molecule has 174 valence electrons. The first-order chi connectivity index (χ1) is 15.7. The molecule has 0 N–H and O–H groups in total. The number of likely N-dealkylation sites (tertiary alicyclic amines) is 2. The van der Waals surface area contributed by atoms with Gasteiger partial charge in [-0.1, -0.05) is 48.5 Å². The molecule has 0 spiro atoms. The Morgan fingerprint density at radius 1 is 1.03 bits per heavy atom. The smallest absolute Gasteiger partial charge is 0.410 e. The Morgan fingerprint density at radius 2 is 1.64 bits per heavy atom. The fourth-order valence-electron chi connectivity index (χ4n) is 5.31. The zero-order valence-electron chi connectivity index (χ0n) is 19.2. The number of benzene rings is 2.